The number of nitriles is 1. The van der Waals surface area contributed by atoms with Crippen LogP contribution in [-0.4, -0.2) is 6.72 Å². The molecule has 0 saturated heterocycles. The fourth-order valence-corrected chi connectivity index (χ4v) is 0.427. The van der Waals surface area contributed by atoms with Gasteiger partial charge in [-0.05, 0) is 19.2 Å². The van der Waals surface area contributed by atoms with Gasteiger partial charge in [-0.25, -0.2) is 0 Å². The maximum atomic E-state index is 8.30. The average molecular weight is 122 g/mol. The Labute approximate surface area is 55.5 Å². The molecule has 0 spiro atoms. The second-order valence-electron chi connectivity index (χ2n) is 1.65. The molecule has 0 aliphatic heterocycles. The van der Waals surface area contributed by atoms with Crippen LogP contribution >= 0.6 is 0 Å². The van der Waals surface area contributed by atoms with Gasteiger partial charge < -0.3 is 0 Å². The molecule has 0 aliphatic carbocycles. The van der Waals surface area contributed by atoms with E-state index in [-0.39, 0.29) is 0 Å². The van der Waals surface area contributed by atoms with Crippen LogP contribution in [0.4, 0.5) is 0 Å². The van der Waals surface area contributed by atoms with Crippen molar-refractivity contribution in [2.75, 3.05) is 0 Å². The van der Waals surface area contributed by atoms with E-state index in [1.807, 2.05) is 6.07 Å². The minimum absolute atomic E-state index is 0.428. The van der Waals surface area contributed by atoms with Gasteiger partial charge in [0.25, 0.3) is 0 Å². The zero-order chi connectivity index (χ0) is 7.11. The second-order valence-corrected chi connectivity index (χ2v) is 1.65. The molecule has 0 aliphatic rings. The Kier molecular flexibility index (Phi) is 4.43. The van der Waals surface area contributed by atoms with Gasteiger partial charge >= 0.3 is 0 Å². The van der Waals surface area contributed by atoms with Crippen molar-refractivity contribution in [2.24, 2.45) is 4.99 Å². The van der Waals surface area contributed by atoms with Crippen molar-refractivity contribution in [3.63, 3.8) is 0 Å². The first-order valence-electron chi connectivity index (χ1n) is 2.92. The lowest BCUT2D eigenvalue weighted by molar-refractivity contribution is 0.951. The van der Waals surface area contributed by atoms with Gasteiger partial charge in [-0.3, -0.25) is 4.99 Å². The van der Waals surface area contributed by atoms with Crippen molar-refractivity contribution in [1.29, 1.82) is 5.26 Å². The molecule has 0 bridgehead atoms. The zero-order valence-corrected chi connectivity index (χ0v) is 5.59. The lowest BCUT2D eigenvalue weighted by atomic mass is 10.3. The van der Waals surface area contributed by atoms with E-state index in [1.54, 1.807) is 6.08 Å². The van der Waals surface area contributed by atoms with Crippen molar-refractivity contribution in [2.45, 2.75) is 19.8 Å². The molecule has 0 saturated carbocycles. The van der Waals surface area contributed by atoms with E-state index < -0.39 is 0 Å². The summed E-state index contributed by atoms with van der Waals surface area (Å²) in [4.78, 5) is 3.49. The van der Waals surface area contributed by atoms with E-state index in [2.05, 4.69) is 18.6 Å². The van der Waals surface area contributed by atoms with E-state index in [9.17, 15) is 0 Å². The van der Waals surface area contributed by atoms with Crippen LogP contribution < -0.4 is 0 Å². The predicted molar refractivity (Wildman–Crippen MR) is 38.2 cm³/mol. The van der Waals surface area contributed by atoms with Crippen molar-refractivity contribution < 1.29 is 0 Å². The smallest absolute Gasteiger partial charge is 0.135 e. The number of rotatable bonds is 3. The molecule has 0 aromatic rings. The summed E-state index contributed by atoms with van der Waals surface area (Å²) in [6.07, 6.45) is 3.73. The third-order valence-corrected chi connectivity index (χ3v) is 0.911. The first kappa shape index (κ1) is 7.90. The summed E-state index contributed by atoms with van der Waals surface area (Å²) >= 11 is 0. The van der Waals surface area contributed by atoms with Gasteiger partial charge in [0.2, 0.25) is 0 Å². The Morgan fingerprint density at radius 3 is 2.89 bits per heavy atom. The monoisotopic (exact) mass is 122 g/mol. The Hall–Kier alpha value is -1.10. The van der Waals surface area contributed by atoms with Crippen LogP contribution in [0.25, 0.3) is 0 Å². The maximum Gasteiger partial charge on any atom is 0.135 e. The van der Waals surface area contributed by atoms with Crippen molar-refractivity contribution in [3.05, 3.63) is 11.8 Å². The number of hydrogen-bond donors (Lipinski definition) is 0. The Morgan fingerprint density at radius 1 is 1.89 bits per heavy atom. The highest BCUT2D eigenvalue weighted by molar-refractivity contribution is 5.34. The van der Waals surface area contributed by atoms with E-state index in [0.29, 0.717) is 5.70 Å². The molecule has 9 heavy (non-hydrogen) atoms. The van der Waals surface area contributed by atoms with E-state index in [0.717, 1.165) is 12.8 Å². The average Bonchev–Trinajstić information content (AvgIpc) is 1.91. The van der Waals surface area contributed by atoms with Gasteiger partial charge in [-0.2, -0.15) is 5.26 Å². The highest BCUT2D eigenvalue weighted by Gasteiger charge is 1.84. The standard InChI is InChI=1S/C7H10N2/c1-3-4-5-7(6-8)9-2/h5H,2-4H2,1H3/b7-5-. The summed E-state index contributed by atoms with van der Waals surface area (Å²) in [7, 11) is 0. The van der Waals surface area contributed by atoms with Gasteiger partial charge in [0, 0.05) is 0 Å². The number of aliphatic imine (C=N–C) groups is 1. The lowest BCUT2D eigenvalue weighted by Crippen LogP contribution is -1.70. The SMILES string of the molecule is C=N/C(C#N)=C\CCC. The molecule has 0 heterocycles. The fourth-order valence-electron chi connectivity index (χ4n) is 0.427. The molecule has 0 radical (unpaired) electrons. The first-order chi connectivity index (χ1) is 4.35. The van der Waals surface area contributed by atoms with Gasteiger partial charge in [-0.1, -0.05) is 13.3 Å². The summed E-state index contributed by atoms with van der Waals surface area (Å²) in [6.45, 7) is 5.29. The van der Waals surface area contributed by atoms with E-state index in [4.69, 9.17) is 5.26 Å². The minimum atomic E-state index is 0.428. The minimum Gasteiger partial charge on any atom is -0.254 e. The van der Waals surface area contributed by atoms with Gasteiger partial charge in [-0.15, -0.1) is 0 Å². The normalized spacial score (nSPS) is 10.4. The van der Waals surface area contributed by atoms with Crippen LogP contribution in [0.5, 0.6) is 0 Å². The van der Waals surface area contributed by atoms with Crippen LogP contribution in [-0.2, 0) is 0 Å². The number of unbranched alkanes of at least 4 members (excludes halogenated alkanes) is 1. The van der Waals surface area contributed by atoms with Gasteiger partial charge in [0.1, 0.15) is 11.8 Å². The summed E-state index contributed by atoms with van der Waals surface area (Å²) in [5.74, 6) is 0. The molecule has 0 aromatic carbocycles. The van der Waals surface area contributed by atoms with Gasteiger partial charge in [0.05, 0.1) is 0 Å². The van der Waals surface area contributed by atoms with Crippen molar-refractivity contribution >= 4 is 6.72 Å². The van der Waals surface area contributed by atoms with Crippen LogP contribution in [0.3, 0.4) is 0 Å². The largest absolute Gasteiger partial charge is 0.254 e. The Bertz CT molecular complexity index is 151. The molecular weight excluding hydrogens is 112 g/mol. The van der Waals surface area contributed by atoms with Crippen LogP contribution in [0.1, 0.15) is 19.8 Å². The summed E-state index contributed by atoms with van der Waals surface area (Å²) in [5.41, 5.74) is 0.428. The summed E-state index contributed by atoms with van der Waals surface area (Å²) in [6, 6.07) is 1.92. The molecule has 0 amide bonds. The van der Waals surface area contributed by atoms with Crippen LogP contribution in [0.15, 0.2) is 16.8 Å². The quantitative estimate of drug-likeness (QED) is 0.416. The molecule has 2 heteroatoms. The topological polar surface area (TPSA) is 36.1 Å². The molecular formula is C7H10N2. The Morgan fingerprint density at radius 2 is 2.56 bits per heavy atom. The summed E-state index contributed by atoms with van der Waals surface area (Å²) in [5, 5.41) is 8.30. The predicted octanol–water partition coefficient (Wildman–Crippen LogP) is 1.89. The zero-order valence-electron chi connectivity index (χ0n) is 5.59. The molecule has 0 aromatic heterocycles. The van der Waals surface area contributed by atoms with Gasteiger partial charge in [0.15, 0.2) is 0 Å². The molecule has 0 atom stereocenters. The van der Waals surface area contributed by atoms with Crippen molar-refractivity contribution in [1.82, 2.24) is 0 Å². The molecule has 0 unspecified atom stereocenters. The third-order valence-electron chi connectivity index (χ3n) is 0.911. The highest BCUT2D eigenvalue weighted by atomic mass is 14.7. The van der Waals surface area contributed by atoms with Crippen LogP contribution in [0, 0.1) is 11.3 Å². The molecule has 0 fully saturated rings. The van der Waals surface area contributed by atoms with E-state index >= 15 is 0 Å². The summed E-state index contributed by atoms with van der Waals surface area (Å²) < 4.78 is 0. The molecule has 48 valence electrons. The highest BCUT2D eigenvalue weighted by Crippen LogP contribution is 1.96. The number of nitrogens with zero attached hydrogens (tertiary/aromatic N) is 2. The van der Waals surface area contributed by atoms with Crippen LogP contribution in [0.2, 0.25) is 0 Å². The molecule has 2 nitrogen and oxygen atoms in total. The number of hydrogen-bond acceptors (Lipinski definition) is 2. The fraction of sp³-hybridized carbons (Fsp3) is 0.429. The second kappa shape index (κ2) is 5.04. The molecule has 0 N–H and O–H groups in total. The van der Waals surface area contributed by atoms with E-state index in [1.165, 1.54) is 0 Å². The third kappa shape index (κ3) is 3.48. The molecule has 0 rings (SSSR count). The lowest BCUT2D eigenvalue weighted by Gasteiger charge is -1.84. The first-order valence-corrected chi connectivity index (χ1v) is 2.92. The Balaban J connectivity index is 3.80. The van der Waals surface area contributed by atoms with Crippen molar-refractivity contribution in [3.8, 4) is 6.07 Å². The maximum absolute atomic E-state index is 8.30. The number of allylic oxidation sites excluding steroid dienone is 2.